The first kappa shape index (κ1) is 27.6. The lowest BCUT2D eigenvalue weighted by Crippen LogP contribution is -2.26. The zero-order chi connectivity index (χ0) is 27.1. The molecular weight excluding hydrogens is 511 g/mol. The third-order valence-corrected chi connectivity index (χ3v) is 7.91. The van der Waals surface area contributed by atoms with E-state index in [1.165, 1.54) is 12.8 Å². The van der Waals surface area contributed by atoms with Gasteiger partial charge in [-0.25, -0.2) is 17.6 Å². The summed E-state index contributed by atoms with van der Waals surface area (Å²) in [5.41, 5.74) is -3.84. The fraction of sp³-hybridized carbons (Fsp3) is 0.556. The summed E-state index contributed by atoms with van der Waals surface area (Å²) in [5.74, 6) is -7.49. The van der Waals surface area contributed by atoms with Gasteiger partial charge in [-0.3, -0.25) is 0 Å². The summed E-state index contributed by atoms with van der Waals surface area (Å²) in [6, 6.07) is 1.51. The zero-order valence-electron chi connectivity index (χ0n) is 20.1. The highest BCUT2D eigenvalue weighted by Gasteiger charge is 2.42. The van der Waals surface area contributed by atoms with E-state index >= 15 is 0 Å². The van der Waals surface area contributed by atoms with Crippen molar-refractivity contribution in [1.29, 1.82) is 0 Å². The van der Waals surface area contributed by atoms with Crippen LogP contribution in [0, 0.1) is 41.0 Å². The molecule has 2 aromatic rings. The van der Waals surface area contributed by atoms with E-state index < -0.39 is 52.4 Å². The molecular formula is C27H27F9O. The summed E-state index contributed by atoms with van der Waals surface area (Å²) >= 11 is 0. The van der Waals surface area contributed by atoms with Crippen molar-refractivity contribution in [2.45, 2.75) is 76.5 Å². The standard InChI is InChI=1S/C27H27F9O/c1-14-2-4-15(5-3-14)16-6-8-17(9-7-16)19-10-11-20(25(31)24(19)30)27(35,36)37-18-12-21(28)23(22(29)13-18)26(32,33)34/h10-17H,2-9H2,1H3. The van der Waals surface area contributed by atoms with Gasteiger partial charge < -0.3 is 4.74 Å². The van der Waals surface area contributed by atoms with Crippen LogP contribution in [0.3, 0.4) is 0 Å². The minimum atomic E-state index is -5.41. The van der Waals surface area contributed by atoms with Crippen LogP contribution in [-0.4, -0.2) is 0 Å². The van der Waals surface area contributed by atoms with E-state index in [1.807, 2.05) is 0 Å². The SMILES string of the molecule is CC1CCC(C2CCC(c3ccc(C(F)(F)Oc4cc(F)c(C(F)(F)F)c(F)c4)c(F)c3F)CC2)CC1. The second-order valence-electron chi connectivity index (χ2n) is 10.3. The molecule has 0 amide bonds. The lowest BCUT2D eigenvalue weighted by molar-refractivity contribution is -0.188. The third-order valence-electron chi connectivity index (χ3n) is 7.91. The maximum atomic E-state index is 14.9. The number of rotatable bonds is 5. The number of hydrogen-bond donors (Lipinski definition) is 0. The molecule has 1 nitrogen and oxygen atoms in total. The van der Waals surface area contributed by atoms with E-state index in [0.717, 1.165) is 37.7 Å². The largest absolute Gasteiger partial charge is 0.429 e. The molecule has 0 spiro atoms. The van der Waals surface area contributed by atoms with Crippen LogP contribution in [0.2, 0.25) is 0 Å². The van der Waals surface area contributed by atoms with Crippen LogP contribution in [-0.2, 0) is 12.3 Å². The van der Waals surface area contributed by atoms with Crippen molar-refractivity contribution in [1.82, 2.24) is 0 Å². The summed E-state index contributed by atoms with van der Waals surface area (Å²) < 4.78 is 129. The van der Waals surface area contributed by atoms with Crippen LogP contribution in [0.25, 0.3) is 0 Å². The lowest BCUT2D eigenvalue weighted by atomic mass is 9.68. The van der Waals surface area contributed by atoms with Crippen molar-refractivity contribution < 1.29 is 44.3 Å². The average Bonchev–Trinajstić information content (AvgIpc) is 2.79. The summed E-state index contributed by atoms with van der Waals surface area (Å²) in [7, 11) is 0. The first-order chi connectivity index (χ1) is 17.3. The van der Waals surface area contributed by atoms with E-state index in [9.17, 15) is 39.5 Å². The predicted octanol–water partition coefficient (Wildman–Crippen LogP) is 9.49. The second-order valence-corrected chi connectivity index (χ2v) is 10.3. The van der Waals surface area contributed by atoms with Gasteiger partial charge in [-0.05, 0) is 73.8 Å². The highest BCUT2D eigenvalue weighted by atomic mass is 19.4. The van der Waals surface area contributed by atoms with Crippen molar-refractivity contribution in [3.8, 4) is 5.75 Å². The Hall–Kier alpha value is -2.39. The van der Waals surface area contributed by atoms with Crippen molar-refractivity contribution in [3.63, 3.8) is 0 Å². The van der Waals surface area contributed by atoms with Gasteiger partial charge in [-0.1, -0.05) is 25.8 Å². The highest BCUT2D eigenvalue weighted by molar-refractivity contribution is 5.35. The van der Waals surface area contributed by atoms with Crippen molar-refractivity contribution in [3.05, 3.63) is 64.2 Å². The van der Waals surface area contributed by atoms with Gasteiger partial charge in [-0.15, -0.1) is 0 Å². The maximum absolute atomic E-state index is 14.9. The normalized spacial score (nSPS) is 25.2. The van der Waals surface area contributed by atoms with Crippen molar-refractivity contribution >= 4 is 0 Å². The van der Waals surface area contributed by atoms with Crippen LogP contribution in [0.1, 0.15) is 80.9 Å². The molecule has 204 valence electrons. The van der Waals surface area contributed by atoms with Crippen LogP contribution < -0.4 is 4.74 Å². The molecule has 2 aliphatic carbocycles. The molecule has 0 saturated heterocycles. The van der Waals surface area contributed by atoms with Gasteiger partial charge in [-0.2, -0.15) is 22.0 Å². The molecule has 0 atom stereocenters. The molecule has 2 fully saturated rings. The predicted molar refractivity (Wildman–Crippen MR) is 118 cm³/mol. The van der Waals surface area contributed by atoms with Crippen LogP contribution in [0.4, 0.5) is 39.5 Å². The molecule has 0 bridgehead atoms. The number of hydrogen-bond acceptors (Lipinski definition) is 1. The van der Waals surface area contributed by atoms with E-state index in [4.69, 9.17) is 0 Å². The van der Waals surface area contributed by atoms with Gasteiger partial charge in [0.2, 0.25) is 0 Å². The molecule has 0 aromatic heterocycles. The Balaban J connectivity index is 1.48. The lowest BCUT2D eigenvalue weighted by Gasteiger charge is -2.37. The maximum Gasteiger partial charge on any atom is 0.429 e. The molecule has 0 unspecified atom stereocenters. The van der Waals surface area contributed by atoms with E-state index in [1.54, 1.807) is 0 Å². The monoisotopic (exact) mass is 538 g/mol. The third kappa shape index (κ3) is 5.87. The van der Waals surface area contributed by atoms with Crippen molar-refractivity contribution in [2.24, 2.45) is 17.8 Å². The Bertz CT molecular complexity index is 1090. The summed E-state index contributed by atoms with van der Waals surface area (Å²) in [6.45, 7) is 2.24. The minimum Gasteiger partial charge on any atom is -0.429 e. The Morgan fingerprint density at radius 2 is 1.22 bits per heavy atom. The van der Waals surface area contributed by atoms with Gasteiger partial charge >= 0.3 is 12.3 Å². The molecule has 0 N–H and O–H groups in total. The number of halogens is 9. The first-order valence-corrected chi connectivity index (χ1v) is 12.4. The minimum absolute atomic E-state index is 0.0283. The molecule has 0 heterocycles. The number of benzene rings is 2. The molecule has 2 saturated carbocycles. The summed E-state index contributed by atoms with van der Waals surface area (Å²) in [5, 5.41) is 0. The van der Waals surface area contributed by atoms with Crippen molar-refractivity contribution in [2.75, 3.05) is 0 Å². The van der Waals surface area contributed by atoms with Gasteiger partial charge in [0.15, 0.2) is 11.6 Å². The van der Waals surface area contributed by atoms with Crippen LogP contribution in [0.15, 0.2) is 24.3 Å². The molecule has 0 aliphatic heterocycles. The Kier molecular flexibility index (Phi) is 7.77. The fourth-order valence-electron chi connectivity index (χ4n) is 5.85. The smallest absolute Gasteiger partial charge is 0.429 e. The van der Waals surface area contributed by atoms with Gasteiger partial charge in [0, 0.05) is 12.1 Å². The zero-order valence-corrected chi connectivity index (χ0v) is 20.1. The van der Waals surface area contributed by atoms with Gasteiger partial charge in [0.1, 0.15) is 28.5 Å². The molecule has 37 heavy (non-hydrogen) atoms. The molecule has 2 aromatic carbocycles. The first-order valence-electron chi connectivity index (χ1n) is 12.4. The van der Waals surface area contributed by atoms with E-state index in [-0.39, 0.29) is 23.6 Å². The van der Waals surface area contributed by atoms with E-state index in [2.05, 4.69) is 11.7 Å². The quantitative estimate of drug-likeness (QED) is 0.345. The molecule has 10 heteroatoms. The van der Waals surface area contributed by atoms with Crippen LogP contribution in [0.5, 0.6) is 5.75 Å². The average molecular weight is 538 g/mol. The Labute approximate surface area is 209 Å². The summed E-state index contributed by atoms with van der Waals surface area (Å²) in [4.78, 5) is 0. The topological polar surface area (TPSA) is 9.23 Å². The van der Waals surface area contributed by atoms with Gasteiger partial charge in [0.25, 0.3) is 0 Å². The Morgan fingerprint density at radius 3 is 1.73 bits per heavy atom. The Morgan fingerprint density at radius 1 is 0.703 bits per heavy atom. The number of ether oxygens (including phenoxy) is 1. The molecule has 4 rings (SSSR count). The molecule has 2 aliphatic rings. The number of alkyl halides is 5. The molecule has 0 radical (unpaired) electrons. The summed E-state index contributed by atoms with van der Waals surface area (Å²) in [6.07, 6.45) is -2.43. The second kappa shape index (κ2) is 10.4. The van der Waals surface area contributed by atoms with E-state index in [0.29, 0.717) is 30.7 Å². The van der Waals surface area contributed by atoms with Crippen LogP contribution >= 0.6 is 0 Å². The van der Waals surface area contributed by atoms with Gasteiger partial charge in [0.05, 0.1) is 0 Å². The highest BCUT2D eigenvalue weighted by Crippen LogP contribution is 2.45. The fourth-order valence-corrected chi connectivity index (χ4v) is 5.85.